The molecule has 0 radical (unpaired) electrons. The minimum atomic E-state index is -0.0221. The zero-order valence-corrected chi connectivity index (χ0v) is 29.2. The van der Waals surface area contributed by atoms with Crippen LogP contribution in [0.4, 0.5) is 17.1 Å². The highest BCUT2D eigenvalue weighted by Gasteiger charge is 2.33. The van der Waals surface area contributed by atoms with E-state index in [0.29, 0.717) is 0 Å². The summed E-state index contributed by atoms with van der Waals surface area (Å²) in [6.45, 7) is 21.2. The Morgan fingerprint density at radius 1 is 0.638 bits per heavy atom. The summed E-state index contributed by atoms with van der Waals surface area (Å²) in [5, 5.41) is 2.47. The second-order valence-electron chi connectivity index (χ2n) is 15.9. The molecule has 5 nitrogen and oxygen atoms in total. The molecule has 0 saturated heterocycles. The third-order valence-corrected chi connectivity index (χ3v) is 9.33. The van der Waals surface area contributed by atoms with Crippen molar-refractivity contribution in [3.05, 3.63) is 114 Å². The molecule has 0 spiro atoms. The van der Waals surface area contributed by atoms with Gasteiger partial charge >= 0.3 is 0 Å². The molecule has 6 aromatic rings. The molecule has 2 aromatic heterocycles. The van der Waals surface area contributed by atoms with Crippen LogP contribution in [0, 0.1) is 0 Å². The van der Waals surface area contributed by atoms with Crippen LogP contribution < -0.4 is 14.5 Å². The predicted molar refractivity (Wildman–Crippen MR) is 198 cm³/mol. The Hall–Kier alpha value is -4.77. The molecular weight excluding hydrogens is 576 g/mol. The second kappa shape index (κ2) is 10.9. The molecule has 5 heteroatoms. The van der Waals surface area contributed by atoms with Gasteiger partial charge < -0.3 is 14.5 Å². The van der Waals surface area contributed by atoms with Crippen LogP contribution in [0.3, 0.4) is 0 Å². The Bertz CT molecular complexity index is 2120. The lowest BCUT2D eigenvalue weighted by molar-refractivity contribution is 0.483. The predicted octanol–water partition coefficient (Wildman–Crippen LogP) is 11.3. The number of hydrogen-bond donors (Lipinski definition) is 0. The normalized spacial score (nSPS) is 13.9. The first-order valence-electron chi connectivity index (χ1n) is 16.7. The van der Waals surface area contributed by atoms with Gasteiger partial charge in [-0.15, -0.1) is 0 Å². The number of aromatic nitrogens is 2. The molecule has 3 heterocycles. The number of anilines is 3. The molecule has 0 bridgehead atoms. The van der Waals surface area contributed by atoms with Crippen LogP contribution in [-0.4, -0.2) is 21.8 Å². The van der Waals surface area contributed by atoms with E-state index in [0.717, 1.165) is 40.7 Å². The average molecular weight is 623 g/mol. The summed E-state index contributed by atoms with van der Waals surface area (Å²) in [5.74, 6) is 2.51. The Labute approximate surface area is 279 Å². The number of fused-ring (bicyclic) bond motifs is 4. The van der Waals surface area contributed by atoms with E-state index in [2.05, 4.69) is 168 Å². The number of hydrogen-bond acceptors (Lipinski definition) is 4. The van der Waals surface area contributed by atoms with E-state index in [9.17, 15) is 0 Å². The zero-order chi connectivity index (χ0) is 33.3. The van der Waals surface area contributed by atoms with Gasteiger partial charge in [-0.3, -0.25) is 4.57 Å². The molecule has 1 aliphatic heterocycles. The third kappa shape index (κ3) is 5.52. The molecular formula is C42H46N4O. The summed E-state index contributed by atoms with van der Waals surface area (Å²) in [6, 6.07) is 34.6. The van der Waals surface area contributed by atoms with Crippen molar-refractivity contribution in [3.63, 3.8) is 0 Å². The summed E-state index contributed by atoms with van der Waals surface area (Å²) in [5.41, 5.74) is 8.37. The molecule has 0 atom stereocenters. The maximum Gasteiger partial charge on any atom is 0.137 e. The summed E-state index contributed by atoms with van der Waals surface area (Å²) in [6.07, 6.45) is 1.93. The van der Waals surface area contributed by atoms with Crippen LogP contribution in [0.2, 0.25) is 0 Å². The molecule has 0 unspecified atom stereocenters. The van der Waals surface area contributed by atoms with Gasteiger partial charge in [0.15, 0.2) is 0 Å². The topological polar surface area (TPSA) is 33.5 Å². The quantitative estimate of drug-likeness (QED) is 0.196. The lowest BCUT2D eigenvalue weighted by Crippen LogP contribution is -2.42. The standard InChI is InChI=1S/C42H46N4O/c1-40(2,3)28-22-23-43-38(24-28)46-36-19-13-16-33(41(4,5)6)39(36)32-21-20-31(26-37(32)46)47-30-15-12-14-29(25-30)44-27-45(42(7,8)9)35-18-11-10-17-34(35)44/h10-26H,27H2,1-9H3. The highest BCUT2D eigenvalue weighted by atomic mass is 16.5. The van der Waals surface area contributed by atoms with Crippen molar-refractivity contribution in [3.8, 4) is 17.3 Å². The molecule has 0 saturated carbocycles. The number of rotatable bonds is 4. The van der Waals surface area contributed by atoms with Crippen LogP contribution in [0.15, 0.2) is 103 Å². The number of benzene rings is 4. The minimum absolute atomic E-state index is 0.000935. The van der Waals surface area contributed by atoms with E-state index in [4.69, 9.17) is 9.72 Å². The van der Waals surface area contributed by atoms with Crippen LogP contribution in [0.5, 0.6) is 11.5 Å². The Balaban J connectivity index is 1.33. The first-order valence-corrected chi connectivity index (χ1v) is 16.7. The van der Waals surface area contributed by atoms with Gasteiger partial charge in [0.05, 0.1) is 29.1 Å². The smallest absolute Gasteiger partial charge is 0.137 e. The molecule has 7 rings (SSSR count). The van der Waals surface area contributed by atoms with Gasteiger partial charge in [0.1, 0.15) is 17.3 Å². The highest BCUT2D eigenvalue weighted by Crippen LogP contribution is 2.45. The van der Waals surface area contributed by atoms with Gasteiger partial charge in [0.25, 0.3) is 0 Å². The average Bonchev–Trinajstić information content (AvgIpc) is 3.57. The van der Waals surface area contributed by atoms with Crippen LogP contribution >= 0.6 is 0 Å². The summed E-state index contributed by atoms with van der Waals surface area (Å²) >= 11 is 0. The number of pyridine rings is 1. The van der Waals surface area contributed by atoms with E-state index >= 15 is 0 Å². The van der Waals surface area contributed by atoms with Crippen molar-refractivity contribution in [1.29, 1.82) is 0 Å². The molecule has 0 amide bonds. The molecule has 0 aliphatic carbocycles. The lowest BCUT2D eigenvalue weighted by Gasteiger charge is -2.34. The highest BCUT2D eigenvalue weighted by molar-refractivity contribution is 6.11. The van der Waals surface area contributed by atoms with Crippen LogP contribution in [0.1, 0.15) is 73.4 Å². The Morgan fingerprint density at radius 3 is 2.09 bits per heavy atom. The molecule has 4 aromatic carbocycles. The van der Waals surface area contributed by atoms with Gasteiger partial charge in [-0.2, -0.15) is 0 Å². The first-order chi connectivity index (χ1) is 22.2. The van der Waals surface area contributed by atoms with Gasteiger partial charge in [0.2, 0.25) is 0 Å². The van der Waals surface area contributed by atoms with Crippen molar-refractivity contribution < 1.29 is 4.74 Å². The Morgan fingerprint density at radius 2 is 1.36 bits per heavy atom. The maximum absolute atomic E-state index is 6.66. The van der Waals surface area contributed by atoms with Crippen LogP contribution in [0.25, 0.3) is 27.6 Å². The molecule has 0 fully saturated rings. The van der Waals surface area contributed by atoms with E-state index in [1.807, 2.05) is 12.3 Å². The lowest BCUT2D eigenvalue weighted by atomic mass is 9.84. The van der Waals surface area contributed by atoms with Crippen molar-refractivity contribution in [2.75, 3.05) is 16.5 Å². The summed E-state index contributed by atoms with van der Waals surface area (Å²) in [7, 11) is 0. The van der Waals surface area contributed by atoms with Gasteiger partial charge in [-0.05, 0) is 97.3 Å². The number of para-hydroxylation sites is 2. The molecule has 240 valence electrons. The molecule has 1 aliphatic rings. The molecule has 0 N–H and O–H groups in total. The van der Waals surface area contributed by atoms with Gasteiger partial charge in [-0.1, -0.05) is 71.9 Å². The van der Waals surface area contributed by atoms with Gasteiger partial charge in [-0.25, -0.2) is 4.98 Å². The fourth-order valence-electron chi connectivity index (χ4n) is 6.85. The van der Waals surface area contributed by atoms with Crippen molar-refractivity contribution in [2.45, 2.75) is 78.7 Å². The molecule has 47 heavy (non-hydrogen) atoms. The number of ether oxygens (including phenoxy) is 1. The van der Waals surface area contributed by atoms with Crippen LogP contribution in [-0.2, 0) is 10.8 Å². The largest absolute Gasteiger partial charge is 0.457 e. The van der Waals surface area contributed by atoms with E-state index < -0.39 is 0 Å². The Kier molecular flexibility index (Phi) is 7.16. The number of nitrogens with zero attached hydrogens (tertiary/aromatic N) is 4. The zero-order valence-electron chi connectivity index (χ0n) is 29.2. The van der Waals surface area contributed by atoms with E-state index in [1.54, 1.807) is 0 Å². The third-order valence-electron chi connectivity index (χ3n) is 9.33. The SMILES string of the molecule is CC(C)(C)c1ccnc(-n2c3cc(Oc4cccc(N5CN(C(C)(C)C)c6ccccc65)c4)ccc3c3c(C(C)(C)C)cccc32)c1. The van der Waals surface area contributed by atoms with E-state index in [1.165, 1.54) is 33.3 Å². The van der Waals surface area contributed by atoms with Gasteiger partial charge in [0, 0.05) is 40.3 Å². The fraction of sp³-hybridized carbons (Fsp3) is 0.310. The second-order valence-corrected chi connectivity index (χ2v) is 15.9. The fourth-order valence-corrected chi connectivity index (χ4v) is 6.85. The van der Waals surface area contributed by atoms with Crippen molar-refractivity contribution >= 4 is 38.9 Å². The van der Waals surface area contributed by atoms with E-state index in [-0.39, 0.29) is 16.4 Å². The monoisotopic (exact) mass is 622 g/mol. The van der Waals surface area contributed by atoms with Crippen molar-refractivity contribution in [1.82, 2.24) is 9.55 Å². The summed E-state index contributed by atoms with van der Waals surface area (Å²) in [4.78, 5) is 9.74. The van der Waals surface area contributed by atoms with Crippen molar-refractivity contribution in [2.24, 2.45) is 0 Å². The minimum Gasteiger partial charge on any atom is -0.457 e. The maximum atomic E-state index is 6.66. The summed E-state index contributed by atoms with van der Waals surface area (Å²) < 4.78 is 8.96. The first kappa shape index (κ1) is 30.9.